The molecule has 0 amide bonds. The summed E-state index contributed by atoms with van der Waals surface area (Å²) in [5, 5.41) is 4.64. The molecule has 0 saturated carbocycles. The van der Waals surface area contributed by atoms with E-state index in [9.17, 15) is 0 Å². The maximum absolute atomic E-state index is 6.30. The second-order valence-electron chi connectivity index (χ2n) is 5.92. The first-order chi connectivity index (χ1) is 8.88. The number of hydrogen-bond acceptors (Lipinski definition) is 4. The smallest absolute Gasteiger partial charge is 0.159 e. The van der Waals surface area contributed by atoms with E-state index in [0.29, 0.717) is 0 Å². The number of nitrogens with two attached hydrogens (primary N) is 1. The van der Waals surface area contributed by atoms with Gasteiger partial charge in [-0.05, 0) is 32.1 Å². The SMILES string of the molecule is Cc1cc(-n2nc3c(c2N)C(C)(C)CC3)nc(C)n1. The fourth-order valence-electron chi connectivity index (χ4n) is 2.93. The van der Waals surface area contributed by atoms with Crippen LogP contribution in [0.25, 0.3) is 5.82 Å². The summed E-state index contributed by atoms with van der Waals surface area (Å²) in [7, 11) is 0. The maximum atomic E-state index is 6.30. The Morgan fingerprint density at radius 3 is 2.63 bits per heavy atom. The van der Waals surface area contributed by atoms with Gasteiger partial charge in [0.15, 0.2) is 5.82 Å². The average molecular weight is 257 g/mol. The summed E-state index contributed by atoms with van der Waals surface area (Å²) in [5.41, 5.74) is 9.63. The predicted molar refractivity (Wildman–Crippen MR) is 74.4 cm³/mol. The molecule has 2 heterocycles. The molecular formula is C14H19N5. The van der Waals surface area contributed by atoms with Crippen molar-refractivity contribution in [2.75, 3.05) is 5.73 Å². The van der Waals surface area contributed by atoms with E-state index in [1.54, 1.807) is 4.68 Å². The number of rotatable bonds is 1. The molecule has 0 bridgehead atoms. The minimum Gasteiger partial charge on any atom is -0.383 e. The van der Waals surface area contributed by atoms with Crippen LogP contribution in [0.2, 0.25) is 0 Å². The van der Waals surface area contributed by atoms with Gasteiger partial charge >= 0.3 is 0 Å². The van der Waals surface area contributed by atoms with Crippen LogP contribution in [0.4, 0.5) is 5.82 Å². The quantitative estimate of drug-likeness (QED) is 0.849. The van der Waals surface area contributed by atoms with E-state index in [1.807, 2.05) is 19.9 Å². The average Bonchev–Trinajstić information content (AvgIpc) is 2.77. The molecule has 0 unspecified atom stereocenters. The van der Waals surface area contributed by atoms with Crippen LogP contribution in [-0.4, -0.2) is 19.7 Å². The lowest BCUT2D eigenvalue weighted by molar-refractivity contribution is 0.519. The fraction of sp³-hybridized carbons (Fsp3) is 0.500. The Labute approximate surface area is 112 Å². The van der Waals surface area contributed by atoms with E-state index in [2.05, 4.69) is 28.9 Å². The van der Waals surface area contributed by atoms with Gasteiger partial charge in [0, 0.05) is 17.3 Å². The van der Waals surface area contributed by atoms with Crippen molar-refractivity contribution in [1.29, 1.82) is 0 Å². The van der Waals surface area contributed by atoms with Crippen molar-refractivity contribution in [2.45, 2.75) is 46.0 Å². The summed E-state index contributed by atoms with van der Waals surface area (Å²) in [6.07, 6.45) is 2.10. The van der Waals surface area contributed by atoms with Crippen molar-refractivity contribution in [3.05, 3.63) is 28.8 Å². The van der Waals surface area contributed by atoms with E-state index in [4.69, 9.17) is 5.73 Å². The lowest BCUT2D eigenvalue weighted by Gasteiger charge is -2.18. The number of nitrogens with zero attached hydrogens (tertiary/aromatic N) is 4. The van der Waals surface area contributed by atoms with Gasteiger partial charge in [-0.1, -0.05) is 13.8 Å². The molecule has 5 nitrogen and oxygen atoms in total. The summed E-state index contributed by atoms with van der Waals surface area (Å²) >= 11 is 0. The Kier molecular flexibility index (Phi) is 2.42. The molecule has 0 radical (unpaired) electrons. The van der Waals surface area contributed by atoms with E-state index >= 15 is 0 Å². The van der Waals surface area contributed by atoms with Gasteiger partial charge in [-0.3, -0.25) is 0 Å². The third-order valence-corrected chi connectivity index (χ3v) is 3.83. The molecule has 0 fully saturated rings. The molecule has 0 saturated heterocycles. The topological polar surface area (TPSA) is 69.6 Å². The van der Waals surface area contributed by atoms with Crippen LogP contribution < -0.4 is 5.73 Å². The molecule has 0 spiro atoms. The Bertz CT molecular complexity index is 634. The van der Waals surface area contributed by atoms with Crippen molar-refractivity contribution < 1.29 is 0 Å². The Hall–Kier alpha value is -1.91. The molecule has 1 aliphatic carbocycles. The first-order valence-electron chi connectivity index (χ1n) is 6.59. The van der Waals surface area contributed by atoms with Crippen molar-refractivity contribution in [3.8, 4) is 5.82 Å². The summed E-state index contributed by atoms with van der Waals surface area (Å²) in [4.78, 5) is 8.72. The molecule has 2 N–H and O–H groups in total. The zero-order valence-electron chi connectivity index (χ0n) is 11.9. The van der Waals surface area contributed by atoms with E-state index in [1.165, 1.54) is 5.56 Å². The minimum atomic E-state index is 0.106. The molecule has 1 aliphatic rings. The number of fused-ring (bicyclic) bond motifs is 1. The molecule has 19 heavy (non-hydrogen) atoms. The van der Waals surface area contributed by atoms with Crippen LogP contribution in [0, 0.1) is 13.8 Å². The summed E-state index contributed by atoms with van der Waals surface area (Å²) in [6.45, 7) is 8.28. The van der Waals surface area contributed by atoms with Gasteiger partial charge in [0.2, 0.25) is 0 Å². The summed E-state index contributed by atoms with van der Waals surface area (Å²) in [5.74, 6) is 2.21. The predicted octanol–water partition coefficient (Wildman–Crippen LogP) is 2.09. The lowest BCUT2D eigenvalue weighted by Crippen LogP contribution is -2.16. The second kappa shape index (κ2) is 3.79. The summed E-state index contributed by atoms with van der Waals surface area (Å²) in [6, 6.07) is 1.92. The lowest BCUT2D eigenvalue weighted by atomic mass is 9.87. The highest BCUT2D eigenvalue weighted by Gasteiger charge is 2.36. The monoisotopic (exact) mass is 257 g/mol. The highest BCUT2D eigenvalue weighted by atomic mass is 15.4. The molecule has 3 rings (SSSR count). The second-order valence-corrected chi connectivity index (χ2v) is 5.92. The van der Waals surface area contributed by atoms with Gasteiger partial charge in [0.25, 0.3) is 0 Å². The molecule has 100 valence electrons. The standard InChI is InChI=1S/C14H19N5/c1-8-7-11(17-9(2)16-8)19-13(15)12-10(18-19)5-6-14(12,3)4/h7H,5-6,15H2,1-4H3. The summed E-state index contributed by atoms with van der Waals surface area (Å²) < 4.78 is 1.76. The van der Waals surface area contributed by atoms with Crippen molar-refractivity contribution in [3.63, 3.8) is 0 Å². The van der Waals surface area contributed by atoms with Crippen LogP contribution in [0.1, 0.15) is 43.0 Å². The van der Waals surface area contributed by atoms with E-state index in [0.717, 1.165) is 41.7 Å². The largest absolute Gasteiger partial charge is 0.383 e. The van der Waals surface area contributed by atoms with Crippen molar-refractivity contribution >= 4 is 5.82 Å². The van der Waals surface area contributed by atoms with Crippen LogP contribution >= 0.6 is 0 Å². The molecule has 0 aromatic carbocycles. The molecule has 2 aromatic rings. The van der Waals surface area contributed by atoms with Crippen LogP contribution in [0.3, 0.4) is 0 Å². The van der Waals surface area contributed by atoms with Gasteiger partial charge in [-0.25, -0.2) is 9.97 Å². The minimum absolute atomic E-state index is 0.106. The zero-order chi connectivity index (χ0) is 13.8. The number of aryl methyl sites for hydroxylation is 3. The fourth-order valence-corrected chi connectivity index (χ4v) is 2.93. The van der Waals surface area contributed by atoms with Gasteiger partial charge in [-0.2, -0.15) is 9.78 Å². The Morgan fingerprint density at radius 2 is 2.00 bits per heavy atom. The number of hydrogen-bond donors (Lipinski definition) is 1. The highest BCUT2D eigenvalue weighted by molar-refractivity contribution is 5.54. The molecule has 5 heteroatoms. The van der Waals surface area contributed by atoms with Gasteiger partial charge < -0.3 is 5.73 Å². The molecule has 0 aliphatic heterocycles. The van der Waals surface area contributed by atoms with Crippen molar-refractivity contribution in [1.82, 2.24) is 19.7 Å². The van der Waals surface area contributed by atoms with E-state index < -0.39 is 0 Å². The third-order valence-electron chi connectivity index (χ3n) is 3.83. The number of aromatic nitrogens is 4. The Balaban J connectivity index is 2.18. The molecular weight excluding hydrogens is 238 g/mol. The van der Waals surface area contributed by atoms with Gasteiger partial charge in [0.1, 0.15) is 11.6 Å². The normalized spacial score (nSPS) is 16.6. The first kappa shape index (κ1) is 12.1. The number of anilines is 1. The maximum Gasteiger partial charge on any atom is 0.159 e. The first-order valence-corrected chi connectivity index (χ1v) is 6.59. The zero-order valence-corrected chi connectivity index (χ0v) is 11.9. The van der Waals surface area contributed by atoms with E-state index in [-0.39, 0.29) is 5.41 Å². The Morgan fingerprint density at radius 1 is 1.26 bits per heavy atom. The van der Waals surface area contributed by atoms with Gasteiger partial charge in [-0.15, -0.1) is 0 Å². The molecule has 2 aromatic heterocycles. The van der Waals surface area contributed by atoms with Crippen LogP contribution in [-0.2, 0) is 11.8 Å². The van der Waals surface area contributed by atoms with Crippen molar-refractivity contribution in [2.24, 2.45) is 0 Å². The van der Waals surface area contributed by atoms with Crippen LogP contribution in [0.15, 0.2) is 6.07 Å². The number of nitrogen functional groups attached to an aromatic ring is 1. The van der Waals surface area contributed by atoms with Gasteiger partial charge in [0.05, 0.1) is 5.69 Å². The third kappa shape index (κ3) is 1.80. The van der Waals surface area contributed by atoms with Crippen LogP contribution in [0.5, 0.6) is 0 Å². The highest BCUT2D eigenvalue weighted by Crippen LogP contribution is 2.41. The molecule has 0 atom stereocenters.